The fraction of sp³-hybridized carbons (Fsp3) is 0.750. The Labute approximate surface area is 161 Å². The van der Waals surface area contributed by atoms with Gasteiger partial charge in [0.2, 0.25) is 0 Å². The zero-order chi connectivity index (χ0) is 15.9. The quantitative estimate of drug-likeness (QED) is 0.363. The van der Waals surface area contributed by atoms with Crippen LogP contribution in [0.2, 0.25) is 0 Å². The van der Waals surface area contributed by atoms with Gasteiger partial charge in [0.15, 0.2) is 5.96 Å². The van der Waals surface area contributed by atoms with Crippen molar-refractivity contribution in [1.29, 1.82) is 0 Å². The molecule has 1 aliphatic rings. The van der Waals surface area contributed by atoms with E-state index in [9.17, 15) is 0 Å². The number of hydrogen-bond donors (Lipinski definition) is 2. The molecule has 1 saturated carbocycles. The Bertz CT molecular complexity index is 483. The molecule has 2 N–H and O–H groups in total. The molecule has 0 radical (unpaired) electrons. The van der Waals surface area contributed by atoms with E-state index in [0.29, 0.717) is 12.6 Å². The van der Waals surface area contributed by atoms with Crippen LogP contribution in [0.1, 0.15) is 43.5 Å². The Balaban J connectivity index is 0.00000264. The summed E-state index contributed by atoms with van der Waals surface area (Å²) >= 11 is 1.71. The normalized spacial score (nSPS) is 15.0. The molecule has 1 fully saturated rings. The third-order valence-electron chi connectivity index (χ3n) is 3.73. The molecule has 0 spiro atoms. The number of aromatic nitrogens is 1. The summed E-state index contributed by atoms with van der Waals surface area (Å²) in [6, 6.07) is 1.42. The van der Waals surface area contributed by atoms with Crippen LogP contribution in [0.4, 0.5) is 0 Å². The molecule has 0 aromatic carbocycles. The highest BCUT2D eigenvalue weighted by atomic mass is 127. The van der Waals surface area contributed by atoms with E-state index in [2.05, 4.69) is 53.2 Å². The van der Waals surface area contributed by atoms with Crippen molar-refractivity contribution >= 4 is 41.3 Å². The molecule has 1 aromatic rings. The van der Waals surface area contributed by atoms with Crippen LogP contribution >= 0.6 is 35.3 Å². The average Bonchev–Trinajstić information content (AvgIpc) is 3.22. The summed E-state index contributed by atoms with van der Waals surface area (Å²) in [5.74, 6) is 0.884. The van der Waals surface area contributed by atoms with Crippen molar-refractivity contribution in [2.75, 3.05) is 19.6 Å². The topological polar surface area (TPSA) is 52.6 Å². The number of guanidine groups is 1. The molecule has 23 heavy (non-hydrogen) atoms. The van der Waals surface area contributed by atoms with Gasteiger partial charge in [-0.25, -0.2) is 9.98 Å². The van der Waals surface area contributed by atoms with Crippen molar-refractivity contribution in [2.24, 2.45) is 4.99 Å². The second kappa shape index (κ2) is 10.5. The molecule has 0 saturated heterocycles. The summed E-state index contributed by atoms with van der Waals surface area (Å²) in [4.78, 5) is 12.8. The second-order valence-corrected chi connectivity index (χ2v) is 7.37. The lowest BCUT2D eigenvalue weighted by molar-refractivity contribution is 0.215. The van der Waals surface area contributed by atoms with Crippen LogP contribution < -0.4 is 10.6 Å². The van der Waals surface area contributed by atoms with Crippen molar-refractivity contribution < 1.29 is 0 Å². The summed E-state index contributed by atoms with van der Waals surface area (Å²) in [5.41, 5.74) is 0. The molecular weight excluding hydrogens is 421 g/mol. The Kier molecular flexibility index (Phi) is 9.38. The van der Waals surface area contributed by atoms with E-state index in [1.807, 2.05) is 6.20 Å². The lowest BCUT2D eigenvalue weighted by Gasteiger charge is -2.26. The van der Waals surface area contributed by atoms with E-state index >= 15 is 0 Å². The molecule has 0 unspecified atom stereocenters. The minimum atomic E-state index is 0. The number of rotatable bonds is 8. The van der Waals surface area contributed by atoms with Crippen LogP contribution in [0, 0.1) is 6.92 Å². The summed E-state index contributed by atoms with van der Waals surface area (Å²) in [6.07, 6.45) is 4.62. The monoisotopic (exact) mass is 451 g/mol. The molecule has 7 heteroatoms. The largest absolute Gasteiger partial charge is 0.357 e. The van der Waals surface area contributed by atoms with Gasteiger partial charge in [-0.15, -0.1) is 35.3 Å². The van der Waals surface area contributed by atoms with Crippen molar-refractivity contribution in [3.05, 3.63) is 16.1 Å². The van der Waals surface area contributed by atoms with Crippen LogP contribution in [0.15, 0.2) is 11.2 Å². The van der Waals surface area contributed by atoms with Gasteiger partial charge in [0.25, 0.3) is 0 Å². The number of nitrogens with zero attached hydrogens (tertiary/aromatic N) is 3. The minimum Gasteiger partial charge on any atom is -0.357 e. The Morgan fingerprint density at radius 1 is 1.43 bits per heavy atom. The number of thiazole rings is 1. The minimum absolute atomic E-state index is 0. The number of halogens is 1. The van der Waals surface area contributed by atoms with E-state index in [4.69, 9.17) is 0 Å². The highest BCUT2D eigenvalue weighted by molar-refractivity contribution is 14.0. The van der Waals surface area contributed by atoms with Gasteiger partial charge in [0, 0.05) is 42.8 Å². The van der Waals surface area contributed by atoms with Gasteiger partial charge in [-0.2, -0.15) is 0 Å². The molecule has 1 aromatic heterocycles. The molecule has 2 rings (SSSR count). The maximum atomic E-state index is 4.62. The SMILES string of the molecule is CCNC(=NCc1ncc(C)s1)NCCN(C(C)C)C1CC1.I. The number of hydrogen-bond acceptors (Lipinski definition) is 4. The Morgan fingerprint density at radius 2 is 2.17 bits per heavy atom. The molecule has 0 bridgehead atoms. The van der Waals surface area contributed by atoms with E-state index in [1.54, 1.807) is 11.3 Å². The maximum Gasteiger partial charge on any atom is 0.191 e. The zero-order valence-electron chi connectivity index (χ0n) is 14.6. The molecule has 0 amide bonds. The fourth-order valence-corrected chi connectivity index (χ4v) is 3.25. The molecule has 0 atom stereocenters. The van der Waals surface area contributed by atoms with E-state index in [1.165, 1.54) is 17.7 Å². The van der Waals surface area contributed by atoms with Crippen LogP contribution in [0.5, 0.6) is 0 Å². The summed E-state index contributed by atoms with van der Waals surface area (Å²) in [6.45, 7) is 12.2. The highest BCUT2D eigenvalue weighted by Crippen LogP contribution is 2.27. The first-order valence-electron chi connectivity index (χ1n) is 8.29. The van der Waals surface area contributed by atoms with Crippen molar-refractivity contribution in [1.82, 2.24) is 20.5 Å². The first-order chi connectivity index (χ1) is 10.6. The zero-order valence-corrected chi connectivity index (χ0v) is 17.8. The molecule has 1 aliphatic carbocycles. The van der Waals surface area contributed by atoms with Crippen LogP contribution in [-0.2, 0) is 6.54 Å². The summed E-state index contributed by atoms with van der Waals surface area (Å²) in [7, 11) is 0. The maximum absolute atomic E-state index is 4.62. The third-order valence-corrected chi connectivity index (χ3v) is 4.62. The smallest absolute Gasteiger partial charge is 0.191 e. The first-order valence-corrected chi connectivity index (χ1v) is 9.11. The highest BCUT2D eigenvalue weighted by Gasteiger charge is 2.30. The summed E-state index contributed by atoms with van der Waals surface area (Å²) < 4.78 is 0. The van der Waals surface area contributed by atoms with Gasteiger partial charge < -0.3 is 10.6 Å². The summed E-state index contributed by atoms with van der Waals surface area (Å²) in [5, 5.41) is 7.81. The number of aliphatic imine (C=N–C) groups is 1. The predicted molar refractivity (Wildman–Crippen MR) is 110 cm³/mol. The third kappa shape index (κ3) is 7.34. The van der Waals surface area contributed by atoms with Crippen LogP contribution in [0.25, 0.3) is 0 Å². The van der Waals surface area contributed by atoms with Crippen molar-refractivity contribution in [2.45, 2.75) is 59.2 Å². The van der Waals surface area contributed by atoms with E-state index in [0.717, 1.165) is 36.6 Å². The van der Waals surface area contributed by atoms with Crippen LogP contribution in [0.3, 0.4) is 0 Å². The van der Waals surface area contributed by atoms with Crippen molar-refractivity contribution in [3.8, 4) is 0 Å². The molecule has 132 valence electrons. The molecule has 5 nitrogen and oxygen atoms in total. The van der Waals surface area contributed by atoms with Gasteiger partial charge in [0.1, 0.15) is 5.01 Å². The molecular formula is C16H30IN5S. The standard InChI is InChI=1S/C16H29N5S.HI/c1-5-17-16(20-11-15-19-10-13(4)22-15)18-8-9-21(12(2)3)14-6-7-14;/h10,12,14H,5-9,11H2,1-4H3,(H2,17,18,20);1H. The van der Waals surface area contributed by atoms with Gasteiger partial charge in [-0.3, -0.25) is 4.90 Å². The lowest BCUT2D eigenvalue weighted by Crippen LogP contribution is -2.43. The Hall–Kier alpha value is -0.410. The van der Waals surface area contributed by atoms with Crippen LogP contribution in [-0.4, -0.2) is 47.6 Å². The lowest BCUT2D eigenvalue weighted by atomic mass is 10.3. The van der Waals surface area contributed by atoms with Gasteiger partial charge in [0.05, 0.1) is 6.54 Å². The van der Waals surface area contributed by atoms with Gasteiger partial charge in [-0.05, 0) is 40.5 Å². The molecule has 1 heterocycles. The average molecular weight is 451 g/mol. The van der Waals surface area contributed by atoms with Gasteiger partial charge in [-0.1, -0.05) is 0 Å². The van der Waals surface area contributed by atoms with E-state index < -0.39 is 0 Å². The van der Waals surface area contributed by atoms with Gasteiger partial charge >= 0.3 is 0 Å². The predicted octanol–water partition coefficient (Wildman–Crippen LogP) is 3.00. The Morgan fingerprint density at radius 3 is 2.70 bits per heavy atom. The second-order valence-electron chi connectivity index (χ2n) is 6.05. The first kappa shape index (κ1) is 20.6. The van der Waals surface area contributed by atoms with E-state index in [-0.39, 0.29) is 24.0 Å². The number of nitrogens with one attached hydrogen (secondary N) is 2. The number of aryl methyl sites for hydroxylation is 1. The molecule has 0 aliphatic heterocycles. The van der Waals surface area contributed by atoms with Crippen molar-refractivity contribution in [3.63, 3.8) is 0 Å². The fourth-order valence-electron chi connectivity index (χ4n) is 2.53.